The van der Waals surface area contributed by atoms with Crippen molar-refractivity contribution in [3.63, 3.8) is 0 Å². The van der Waals surface area contributed by atoms with Gasteiger partial charge < -0.3 is 0 Å². The van der Waals surface area contributed by atoms with E-state index in [4.69, 9.17) is 0 Å². The highest BCUT2D eigenvalue weighted by Crippen LogP contribution is 2.42. The van der Waals surface area contributed by atoms with Crippen LogP contribution in [-0.2, 0) is 6.42 Å². The highest BCUT2D eigenvalue weighted by atomic mass is 19.1. The van der Waals surface area contributed by atoms with E-state index in [2.05, 4.69) is 6.92 Å². The first-order valence-electron chi connectivity index (χ1n) is 4.60. The number of rotatable bonds is 2. The molecule has 1 heteroatoms. The molecule has 0 nitrogen and oxygen atoms in total. The molecule has 0 aliphatic heterocycles. The molecule has 0 amide bonds. The van der Waals surface area contributed by atoms with Gasteiger partial charge in [0.2, 0.25) is 0 Å². The lowest BCUT2D eigenvalue weighted by molar-refractivity contribution is 0.607. The minimum absolute atomic E-state index is 0.00292. The van der Waals surface area contributed by atoms with E-state index < -0.39 is 0 Å². The maximum atomic E-state index is 13.3. The van der Waals surface area contributed by atoms with E-state index in [0.29, 0.717) is 5.92 Å². The molecule has 0 bridgehead atoms. The third kappa shape index (κ3) is 1.24. The Bertz CT molecular complexity index is 287. The summed E-state index contributed by atoms with van der Waals surface area (Å²) < 4.78 is 13.3. The number of benzene rings is 1. The fourth-order valence-electron chi connectivity index (χ4n) is 1.72. The van der Waals surface area contributed by atoms with E-state index in [1.807, 2.05) is 6.07 Å². The van der Waals surface area contributed by atoms with Crippen molar-refractivity contribution in [2.75, 3.05) is 0 Å². The van der Waals surface area contributed by atoms with Gasteiger partial charge >= 0.3 is 0 Å². The first-order valence-corrected chi connectivity index (χ1v) is 4.60. The van der Waals surface area contributed by atoms with E-state index in [9.17, 15) is 4.39 Å². The first kappa shape index (κ1) is 7.78. The molecule has 0 N–H and O–H groups in total. The lowest BCUT2D eigenvalue weighted by atomic mass is 10.0. The zero-order valence-electron chi connectivity index (χ0n) is 7.31. The molecule has 1 aliphatic carbocycles. The van der Waals surface area contributed by atoms with Gasteiger partial charge in [-0.25, -0.2) is 4.39 Å². The minimum Gasteiger partial charge on any atom is -0.207 e. The highest BCUT2D eigenvalue weighted by molar-refractivity contribution is 5.34. The van der Waals surface area contributed by atoms with Crippen LogP contribution in [0.2, 0.25) is 0 Å². The fraction of sp³-hybridized carbons (Fsp3) is 0.455. The van der Waals surface area contributed by atoms with Crippen molar-refractivity contribution in [2.45, 2.75) is 32.1 Å². The van der Waals surface area contributed by atoms with Crippen LogP contribution in [0.5, 0.6) is 0 Å². The molecule has 0 saturated heterocycles. The lowest BCUT2D eigenvalue weighted by Crippen LogP contribution is -1.94. The molecular weight excluding hydrogens is 151 g/mol. The largest absolute Gasteiger partial charge is 0.207 e. The maximum absolute atomic E-state index is 13.3. The molecule has 1 aromatic rings. The molecule has 0 spiro atoms. The Labute approximate surface area is 72.4 Å². The van der Waals surface area contributed by atoms with E-state index in [-0.39, 0.29) is 5.82 Å². The van der Waals surface area contributed by atoms with Crippen LogP contribution < -0.4 is 0 Å². The summed E-state index contributed by atoms with van der Waals surface area (Å²) >= 11 is 0. The lowest BCUT2D eigenvalue weighted by Gasteiger charge is -2.06. The summed E-state index contributed by atoms with van der Waals surface area (Å²) in [6.07, 6.45) is 3.30. The van der Waals surface area contributed by atoms with E-state index >= 15 is 0 Å². The van der Waals surface area contributed by atoms with Crippen LogP contribution in [-0.4, -0.2) is 0 Å². The smallest absolute Gasteiger partial charge is 0.126 e. The van der Waals surface area contributed by atoms with Crippen molar-refractivity contribution < 1.29 is 4.39 Å². The van der Waals surface area contributed by atoms with Gasteiger partial charge in [0.05, 0.1) is 0 Å². The molecule has 0 heterocycles. The van der Waals surface area contributed by atoms with Crippen molar-refractivity contribution in [3.8, 4) is 0 Å². The van der Waals surface area contributed by atoms with Gasteiger partial charge in [0.25, 0.3) is 0 Å². The van der Waals surface area contributed by atoms with Crippen LogP contribution in [0, 0.1) is 5.82 Å². The molecule has 0 radical (unpaired) electrons. The topological polar surface area (TPSA) is 0 Å². The van der Waals surface area contributed by atoms with E-state index in [1.165, 1.54) is 18.4 Å². The molecule has 64 valence electrons. The van der Waals surface area contributed by atoms with E-state index in [0.717, 1.165) is 12.0 Å². The number of aryl methyl sites for hydroxylation is 1. The van der Waals surface area contributed by atoms with Gasteiger partial charge in [0.1, 0.15) is 5.82 Å². The fourth-order valence-corrected chi connectivity index (χ4v) is 1.72. The van der Waals surface area contributed by atoms with Crippen molar-refractivity contribution in [1.29, 1.82) is 0 Å². The zero-order valence-corrected chi connectivity index (χ0v) is 7.31. The van der Waals surface area contributed by atoms with Crippen molar-refractivity contribution in [1.82, 2.24) is 0 Å². The van der Waals surface area contributed by atoms with Gasteiger partial charge in [-0.05, 0) is 42.4 Å². The summed E-state index contributed by atoms with van der Waals surface area (Å²) in [6.45, 7) is 2.08. The van der Waals surface area contributed by atoms with Gasteiger partial charge in [-0.2, -0.15) is 0 Å². The zero-order chi connectivity index (χ0) is 8.55. The molecule has 0 unspecified atom stereocenters. The third-order valence-corrected chi connectivity index (χ3v) is 2.51. The van der Waals surface area contributed by atoms with E-state index in [1.54, 1.807) is 12.1 Å². The van der Waals surface area contributed by atoms with Crippen molar-refractivity contribution in [3.05, 3.63) is 35.1 Å². The minimum atomic E-state index is -0.00292. The Hall–Kier alpha value is -0.850. The van der Waals surface area contributed by atoms with Gasteiger partial charge in [-0.15, -0.1) is 0 Å². The second-order valence-electron chi connectivity index (χ2n) is 3.44. The molecule has 1 saturated carbocycles. The van der Waals surface area contributed by atoms with Gasteiger partial charge in [0, 0.05) is 0 Å². The van der Waals surface area contributed by atoms with Crippen LogP contribution in [0.25, 0.3) is 0 Å². The Balaban J connectivity index is 2.45. The van der Waals surface area contributed by atoms with Crippen LogP contribution in [0.1, 0.15) is 36.8 Å². The predicted molar refractivity (Wildman–Crippen MR) is 47.8 cm³/mol. The maximum Gasteiger partial charge on any atom is 0.126 e. The Morgan fingerprint density at radius 2 is 2.17 bits per heavy atom. The average Bonchev–Trinajstić information content (AvgIpc) is 2.87. The van der Waals surface area contributed by atoms with Gasteiger partial charge in [-0.3, -0.25) is 0 Å². The SMILES string of the molecule is CCc1cccc(F)c1C1CC1. The summed E-state index contributed by atoms with van der Waals surface area (Å²) in [6, 6.07) is 5.42. The molecule has 2 rings (SSSR count). The number of hydrogen-bond donors (Lipinski definition) is 0. The number of hydrogen-bond acceptors (Lipinski definition) is 0. The summed E-state index contributed by atoms with van der Waals surface area (Å²) in [5.41, 5.74) is 2.18. The molecule has 12 heavy (non-hydrogen) atoms. The summed E-state index contributed by atoms with van der Waals surface area (Å²) in [7, 11) is 0. The Kier molecular flexibility index (Phi) is 1.87. The van der Waals surface area contributed by atoms with Gasteiger partial charge in [-0.1, -0.05) is 19.1 Å². The second-order valence-corrected chi connectivity index (χ2v) is 3.44. The van der Waals surface area contributed by atoms with Crippen LogP contribution in [0.4, 0.5) is 4.39 Å². The van der Waals surface area contributed by atoms with Crippen LogP contribution in [0.15, 0.2) is 18.2 Å². The standard InChI is InChI=1S/C11H13F/c1-2-8-4-3-5-10(12)11(8)9-6-7-9/h3-5,9H,2,6-7H2,1H3. The normalized spacial score (nSPS) is 16.5. The Morgan fingerprint density at radius 1 is 1.42 bits per heavy atom. The quantitative estimate of drug-likeness (QED) is 0.629. The van der Waals surface area contributed by atoms with Crippen LogP contribution in [0.3, 0.4) is 0 Å². The average molecular weight is 164 g/mol. The molecule has 1 fully saturated rings. The first-order chi connectivity index (χ1) is 5.83. The Morgan fingerprint density at radius 3 is 2.75 bits per heavy atom. The molecule has 0 atom stereocenters. The van der Waals surface area contributed by atoms with Crippen molar-refractivity contribution >= 4 is 0 Å². The summed E-state index contributed by atoms with van der Waals surface area (Å²) in [4.78, 5) is 0. The highest BCUT2D eigenvalue weighted by Gasteiger charge is 2.28. The number of halogens is 1. The summed E-state index contributed by atoms with van der Waals surface area (Å²) in [5, 5.41) is 0. The third-order valence-electron chi connectivity index (χ3n) is 2.51. The molecular formula is C11H13F. The summed E-state index contributed by atoms with van der Waals surface area (Å²) in [5.74, 6) is 0.526. The predicted octanol–water partition coefficient (Wildman–Crippen LogP) is 3.27. The molecule has 1 aromatic carbocycles. The monoisotopic (exact) mass is 164 g/mol. The van der Waals surface area contributed by atoms with Gasteiger partial charge in [0.15, 0.2) is 0 Å². The molecule has 1 aliphatic rings. The van der Waals surface area contributed by atoms with Crippen molar-refractivity contribution in [2.24, 2.45) is 0 Å². The molecule has 0 aromatic heterocycles. The second kappa shape index (κ2) is 2.89. The van der Waals surface area contributed by atoms with Crippen LogP contribution >= 0.6 is 0 Å².